The van der Waals surface area contributed by atoms with Gasteiger partial charge in [0.1, 0.15) is 0 Å². The van der Waals surface area contributed by atoms with E-state index in [1.54, 1.807) is 6.20 Å². The molecule has 0 radical (unpaired) electrons. The van der Waals surface area contributed by atoms with Crippen LogP contribution < -0.4 is 11.3 Å². The Labute approximate surface area is 82.2 Å². The van der Waals surface area contributed by atoms with Gasteiger partial charge in [-0.1, -0.05) is 6.92 Å². The molecule has 1 aromatic heterocycles. The van der Waals surface area contributed by atoms with Gasteiger partial charge >= 0.3 is 0 Å². The molecule has 0 unspecified atom stereocenters. The molecular weight excluding hydrogens is 180 g/mol. The van der Waals surface area contributed by atoms with Crippen LogP contribution in [0.2, 0.25) is 0 Å². The van der Waals surface area contributed by atoms with Crippen LogP contribution in [-0.2, 0) is 6.42 Å². The number of nitrogens with two attached hydrogens (primary N) is 1. The standard InChI is InChI=1S/C9H14N4O/c1-2-8-7(9(14)11-10)5-13(12-8)6-3-4-6/h5-6H,2-4,10H2,1H3,(H,11,14). The second-order valence-electron chi connectivity index (χ2n) is 3.53. The van der Waals surface area contributed by atoms with E-state index in [1.165, 1.54) is 0 Å². The highest BCUT2D eigenvalue weighted by Crippen LogP contribution is 2.34. The number of hydrazine groups is 1. The largest absolute Gasteiger partial charge is 0.290 e. The number of aromatic nitrogens is 2. The molecule has 5 nitrogen and oxygen atoms in total. The van der Waals surface area contributed by atoms with Crippen molar-refractivity contribution in [3.8, 4) is 0 Å². The number of rotatable bonds is 3. The van der Waals surface area contributed by atoms with Crippen LogP contribution in [0.1, 0.15) is 41.9 Å². The lowest BCUT2D eigenvalue weighted by Gasteiger charge is -1.95. The third-order valence-corrected chi connectivity index (χ3v) is 2.44. The lowest BCUT2D eigenvalue weighted by molar-refractivity contribution is 0.0952. The van der Waals surface area contributed by atoms with Crippen LogP contribution in [-0.4, -0.2) is 15.7 Å². The van der Waals surface area contributed by atoms with E-state index >= 15 is 0 Å². The summed E-state index contributed by atoms with van der Waals surface area (Å²) in [5.41, 5.74) is 3.55. The Morgan fingerprint density at radius 3 is 3.00 bits per heavy atom. The fraction of sp³-hybridized carbons (Fsp3) is 0.556. The maximum atomic E-state index is 11.4. The van der Waals surface area contributed by atoms with Gasteiger partial charge in [0, 0.05) is 6.20 Å². The Morgan fingerprint density at radius 2 is 2.50 bits per heavy atom. The van der Waals surface area contributed by atoms with E-state index in [4.69, 9.17) is 5.84 Å². The highest BCUT2D eigenvalue weighted by atomic mass is 16.2. The molecule has 0 atom stereocenters. The molecule has 1 heterocycles. The molecule has 5 heteroatoms. The number of aryl methyl sites for hydroxylation is 1. The van der Waals surface area contributed by atoms with E-state index in [0.717, 1.165) is 25.0 Å². The molecule has 14 heavy (non-hydrogen) atoms. The monoisotopic (exact) mass is 194 g/mol. The van der Waals surface area contributed by atoms with E-state index in [0.29, 0.717) is 11.6 Å². The number of carbonyl (C=O) groups is 1. The smallest absolute Gasteiger partial charge is 0.268 e. The van der Waals surface area contributed by atoms with Gasteiger partial charge in [0.25, 0.3) is 5.91 Å². The number of nitrogens with zero attached hydrogens (tertiary/aromatic N) is 2. The minimum absolute atomic E-state index is 0.256. The van der Waals surface area contributed by atoms with E-state index in [-0.39, 0.29) is 5.91 Å². The molecular formula is C9H14N4O. The fourth-order valence-electron chi connectivity index (χ4n) is 1.48. The third-order valence-electron chi connectivity index (χ3n) is 2.44. The van der Waals surface area contributed by atoms with E-state index in [9.17, 15) is 4.79 Å². The van der Waals surface area contributed by atoms with Crippen molar-refractivity contribution in [2.75, 3.05) is 0 Å². The Morgan fingerprint density at radius 1 is 1.79 bits per heavy atom. The summed E-state index contributed by atoms with van der Waals surface area (Å²) in [5, 5.41) is 4.36. The number of carbonyl (C=O) groups excluding carboxylic acids is 1. The summed E-state index contributed by atoms with van der Waals surface area (Å²) in [7, 11) is 0. The summed E-state index contributed by atoms with van der Waals surface area (Å²) in [4.78, 5) is 11.4. The van der Waals surface area contributed by atoms with Crippen molar-refractivity contribution in [3.05, 3.63) is 17.5 Å². The zero-order valence-corrected chi connectivity index (χ0v) is 8.16. The van der Waals surface area contributed by atoms with Crippen LogP contribution in [0.5, 0.6) is 0 Å². The van der Waals surface area contributed by atoms with E-state index in [1.807, 2.05) is 11.6 Å². The summed E-state index contributed by atoms with van der Waals surface area (Å²) in [6.45, 7) is 1.98. The Bertz CT molecular complexity index is 354. The molecule has 1 aliphatic carbocycles. The van der Waals surface area contributed by atoms with Gasteiger partial charge in [0.15, 0.2) is 0 Å². The fourth-order valence-corrected chi connectivity index (χ4v) is 1.48. The average Bonchev–Trinajstić information content (AvgIpc) is 2.97. The minimum Gasteiger partial charge on any atom is -0.290 e. The topological polar surface area (TPSA) is 72.9 Å². The first-order valence-corrected chi connectivity index (χ1v) is 4.85. The van der Waals surface area contributed by atoms with Crippen molar-refractivity contribution in [3.63, 3.8) is 0 Å². The molecule has 0 saturated heterocycles. The first-order chi connectivity index (χ1) is 6.76. The van der Waals surface area contributed by atoms with Crippen molar-refractivity contribution in [2.45, 2.75) is 32.2 Å². The zero-order valence-electron chi connectivity index (χ0n) is 8.16. The van der Waals surface area contributed by atoms with E-state index in [2.05, 4.69) is 10.5 Å². The average molecular weight is 194 g/mol. The first-order valence-electron chi connectivity index (χ1n) is 4.85. The number of hydrogen-bond donors (Lipinski definition) is 2. The predicted molar refractivity (Wildman–Crippen MR) is 51.5 cm³/mol. The molecule has 1 saturated carbocycles. The zero-order chi connectivity index (χ0) is 10.1. The molecule has 1 fully saturated rings. The molecule has 0 aliphatic heterocycles. The van der Waals surface area contributed by atoms with Crippen LogP contribution >= 0.6 is 0 Å². The van der Waals surface area contributed by atoms with Crippen molar-refractivity contribution in [1.29, 1.82) is 0 Å². The van der Waals surface area contributed by atoms with Gasteiger partial charge in [0.2, 0.25) is 0 Å². The summed E-state index contributed by atoms with van der Waals surface area (Å²) < 4.78 is 1.88. The predicted octanol–water partition coefficient (Wildman–Crippen LogP) is 0.384. The molecule has 1 amide bonds. The molecule has 3 N–H and O–H groups in total. The summed E-state index contributed by atoms with van der Waals surface area (Å²) >= 11 is 0. The van der Waals surface area contributed by atoms with Crippen molar-refractivity contribution in [2.24, 2.45) is 5.84 Å². The van der Waals surface area contributed by atoms with Crippen LogP contribution in [0, 0.1) is 0 Å². The minimum atomic E-state index is -0.256. The number of amides is 1. The summed E-state index contributed by atoms with van der Waals surface area (Å²) in [6.07, 6.45) is 4.87. The molecule has 0 bridgehead atoms. The van der Waals surface area contributed by atoms with Gasteiger partial charge in [-0.3, -0.25) is 14.9 Å². The second-order valence-corrected chi connectivity index (χ2v) is 3.53. The highest BCUT2D eigenvalue weighted by molar-refractivity contribution is 5.94. The van der Waals surface area contributed by atoms with E-state index < -0.39 is 0 Å². The lowest BCUT2D eigenvalue weighted by Crippen LogP contribution is -2.30. The molecule has 0 aromatic carbocycles. The maximum Gasteiger partial charge on any atom is 0.268 e. The maximum absolute atomic E-state index is 11.4. The van der Waals surface area contributed by atoms with Gasteiger partial charge < -0.3 is 0 Å². The van der Waals surface area contributed by atoms with Gasteiger partial charge in [-0.05, 0) is 19.3 Å². The van der Waals surface area contributed by atoms with Crippen LogP contribution in [0.4, 0.5) is 0 Å². The van der Waals surface area contributed by atoms with Crippen molar-refractivity contribution >= 4 is 5.91 Å². The summed E-state index contributed by atoms with van der Waals surface area (Å²) in [5.74, 6) is 4.84. The number of hydrogen-bond acceptors (Lipinski definition) is 3. The molecule has 1 aromatic rings. The van der Waals surface area contributed by atoms with Gasteiger partial charge in [-0.25, -0.2) is 5.84 Å². The third kappa shape index (κ3) is 1.50. The number of nitrogens with one attached hydrogen (secondary N) is 1. The Hall–Kier alpha value is -1.36. The lowest BCUT2D eigenvalue weighted by atomic mass is 10.2. The Kier molecular flexibility index (Phi) is 2.25. The van der Waals surface area contributed by atoms with Gasteiger partial charge in [-0.15, -0.1) is 0 Å². The van der Waals surface area contributed by atoms with Gasteiger partial charge in [-0.2, -0.15) is 5.10 Å². The SMILES string of the molecule is CCc1nn(C2CC2)cc1C(=O)NN. The highest BCUT2D eigenvalue weighted by Gasteiger charge is 2.26. The van der Waals surface area contributed by atoms with Crippen LogP contribution in [0.25, 0.3) is 0 Å². The first kappa shape index (κ1) is 9.21. The molecule has 76 valence electrons. The summed E-state index contributed by atoms with van der Waals surface area (Å²) in [6, 6.07) is 0.500. The Balaban J connectivity index is 2.31. The van der Waals surface area contributed by atoms with Crippen LogP contribution in [0.3, 0.4) is 0 Å². The quantitative estimate of drug-likeness (QED) is 0.415. The van der Waals surface area contributed by atoms with Crippen LogP contribution in [0.15, 0.2) is 6.20 Å². The second kappa shape index (κ2) is 3.42. The normalized spacial score (nSPS) is 15.6. The van der Waals surface area contributed by atoms with Crippen molar-refractivity contribution in [1.82, 2.24) is 15.2 Å². The molecule has 0 spiro atoms. The molecule has 2 rings (SSSR count). The van der Waals surface area contributed by atoms with Gasteiger partial charge in [0.05, 0.1) is 17.3 Å². The molecule has 1 aliphatic rings. The number of nitrogen functional groups attached to an aromatic ring is 1. The van der Waals surface area contributed by atoms with Crippen molar-refractivity contribution < 1.29 is 4.79 Å².